The third kappa shape index (κ3) is 5.75. The number of carbonyl (C=O) groups is 1. The smallest absolute Gasteiger partial charge is 0.239 e. The van der Waals surface area contributed by atoms with Crippen LogP contribution in [0.4, 0.5) is 11.8 Å². The molecule has 0 saturated carbocycles. The SMILES string of the molecule is CCCCC(Sc1nnc(N2CCOCC2)n1-c1cccc(C)c1)C(=O)Nc1cc(C)on1. The predicted octanol–water partition coefficient (Wildman–Crippen LogP) is 4.00. The molecule has 0 radical (unpaired) electrons. The average molecular weight is 471 g/mol. The van der Waals surface area contributed by atoms with Crippen LogP contribution in [0.1, 0.15) is 37.5 Å². The molecule has 1 N–H and O–H groups in total. The van der Waals surface area contributed by atoms with Crippen LogP contribution in [-0.4, -0.2) is 57.4 Å². The second kappa shape index (κ2) is 10.8. The zero-order valence-corrected chi connectivity index (χ0v) is 20.1. The topological polar surface area (TPSA) is 98.3 Å². The molecule has 10 heteroatoms. The first kappa shape index (κ1) is 23.3. The van der Waals surface area contributed by atoms with Crippen molar-refractivity contribution in [3.63, 3.8) is 0 Å². The van der Waals surface area contributed by atoms with Gasteiger partial charge in [-0.05, 0) is 38.0 Å². The normalized spacial score (nSPS) is 14.9. The Hall–Kier alpha value is -2.85. The Morgan fingerprint density at radius 3 is 2.73 bits per heavy atom. The number of ether oxygens (including phenoxy) is 1. The number of anilines is 2. The summed E-state index contributed by atoms with van der Waals surface area (Å²) in [4.78, 5) is 15.3. The highest BCUT2D eigenvalue weighted by Gasteiger charge is 2.27. The second-order valence-corrected chi connectivity index (χ2v) is 9.29. The molecule has 9 nitrogen and oxygen atoms in total. The van der Waals surface area contributed by atoms with Crippen molar-refractivity contribution >= 4 is 29.4 Å². The number of hydrogen-bond acceptors (Lipinski definition) is 8. The minimum absolute atomic E-state index is 0.117. The molecule has 4 rings (SSSR count). The summed E-state index contributed by atoms with van der Waals surface area (Å²) in [6.07, 6.45) is 2.65. The van der Waals surface area contributed by atoms with E-state index in [1.54, 1.807) is 13.0 Å². The summed E-state index contributed by atoms with van der Waals surface area (Å²) in [6, 6.07) is 9.95. The second-order valence-electron chi connectivity index (χ2n) is 8.12. The molecule has 3 heterocycles. The van der Waals surface area contributed by atoms with Gasteiger partial charge in [0.1, 0.15) is 5.76 Å². The van der Waals surface area contributed by atoms with E-state index in [4.69, 9.17) is 9.26 Å². The highest BCUT2D eigenvalue weighted by molar-refractivity contribution is 8.00. The number of aromatic nitrogens is 4. The molecule has 3 aromatic rings. The Kier molecular flexibility index (Phi) is 7.66. The minimum atomic E-state index is -0.341. The largest absolute Gasteiger partial charge is 0.378 e. The number of unbranched alkanes of at least 4 members (excludes halogenated alkanes) is 1. The van der Waals surface area contributed by atoms with Crippen LogP contribution in [-0.2, 0) is 9.53 Å². The van der Waals surface area contributed by atoms with Crippen LogP contribution in [0.15, 0.2) is 40.0 Å². The van der Waals surface area contributed by atoms with Gasteiger partial charge in [0.25, 0.3) is 0 Å². The number of hydrogen-bond donors (Lipinski definition) is 1. The van der Waals surface area contributed by atoms with E-state index in [0.29, 0.717) is 29.9 Å². The standard InChI is InChI=1S/C23H30N6O3S/c1-4-5-9-19(21(30)24-20-15-17(3)32-27-20)33-23-26-25-22(28-10-12-31-13-11-28)29(23)18-8-6-7-16(2)14-18/h6-8,14-15,19H,4-5,9-13H2,1-3H3,(H,24,27,30). The van der Waals surface area contributed by atoms with Crippen molar-refractivity contribution in [3.8, 4) is 5.69 Å². The zero-order chi connectivity index (χ0) is 23.2. The van der Waals surface area contributed by atoms with E-state index in [-0.39, 0.29) is 11.2 Å². The van der Waals surface area contributed by atoms with E-state index < -0.39 is 0 Å². The molecule has 33 heavy (non-hydrogen) atoms. The lowest BCUT2D eigenvalue weighted by molar-refractivity contribution is -0.115. The first-order valence-corrected chi connectivity index (χ1v) is 12.2. The van der Waals surface area contributed by atoms with Gasteiger partial charge in [0.2, 0.25) is 11.9 Å². The van der Waals surface area contributed by atoms with E-state index in [0.717, 1.165) is 49.6 Å². The molecule has 1 aliphatic rings. The number of nitrogens with one attached hydrogen (secondary N) is 1. The van der Waals surface area contributed by atoms with Crippen molar-refractivity contribution < 1.29 is 14.1 Å². The molecule has 0 aliphatic carbocycles. The lowest BCUT2D eigenvalue weighted by atomic mass is 10.2. The third-order valence-corrected chi connectivity index (χ3v) is 6.62. The maximum Gasteiger partial charge on any atom is 0.239 e. The van der Waals surface area contributed by atoms with Gasteiger partial charge in [0.15, 0.2) is 11.0 Å². The van der Waals surface area contributed by atoms with Gasteiger partial charge in [-0.3, -0.25) is 9.36 Å². The first-order valence-electron chi connectivity index (χ1n) is 11.3. The van der Waals surface area contributed by atoms with Crippen molar-refractivity contribution in [2.45, 2.75) is 50.4 Å². The maximum atomic E-state index is 13.1. The minimum Gasteiger partial charge on any atom is -0.378 e. The number of thioether (sulfide) groups is 1. The number of benzene rings is 1. The molecule has 0 spiro atoms. The molecule has 1 amide bonds. The van der Waals surface area contributed by atoms with Crippen LogP contribution in [0.5, 0.6) is 0 Å². The summed E-state index contributed by atoms with van der Waals surface area (Å²) in [5.41, 5.74) is 2.12. The fourth-order valence-corrected chi connectivity index (χ4v) is 4.78. The van der Waals surface area contributed by atoms with Crippen molar-refractivity contribution in [1.82, 2.24) is 19.9 Å². The van der Waals surface area contributed by atoms with Gasteiger partial charge < -0.3 is 19.5 Å². The van der Waals surface area contributed by atoms with Gasteiger partial charge in [-0.1, -0.05) is 48.8 Å². The molecule has 176 valence electrons. The summed E-state index contributed by atoms with van der Waals surface area (Å²) in [7, 11) is 0. The van der Waals surface area contributed by atoms with Crippen LogP contribution >= 0.6 is 11.8 Å². The number of morpholine rings is 1. The fourth-order valence-electron chi connectivity index (χ4n) is 3.69. The van der Waals surface area contributed by atoms with Gasteiger partial charge in [-0.2, -0.15) is 0 Å². The predicted molar refractivity (Wildman–Crippen MR) is 128 cm³/mol. The first-order chi connectivity index (χ1) is 16.0. The van der Waals surface area contributed by atoms with Gasteiger partial charge >= 0.3 is 0 Å². The molecule has 1 fully saturated rings. The summed E-state index contributed by atoms with van der Waals surface area (Å²) in [5, 5.41) is 16.2. The Balaban J connectivity index is 1.64. The molecule has 1 unspecified atom stereocenters. The van der Waals surface area contributed by atoms with Gasteiger partial charge in [0, 0.05) is 19.2 Å². The monoisotopic (exact) mass is 470 g/mol. The quantitative estimate of drug-likeness (QED) is 0.469. The molecule has 1 aromatic carbocycles. The van der Waals surface area contributed by atoms with E-state index in [2.05, 4.69) is 56.1 Å². The number of aryl methyl sites for hydroxylation is 2. The average Bonchev–Trinajstić information content (AvgIpc) is 3.43. The maximum absolute atomic E-state index is 13.1. The number of nitrogens with zero attached hydrogens (tertiary/aromatic N) is 5. The van der Waals surface area contributed by atoms with E-state index in [1.807, 2.05) is 12.1 Å². The molecule has 2 aromatic heterocycles. The van der Waals surface area contributed by atoms with Crippen molar-refractivity contribution in [3.05, 3.63) is 41.7 Å². The summed E-state index contributed by atoms with van der Waals surface area (Å²) in [6.45, 7) is 8.78. The molecule has 1 aliphatic heterocycles. The Morgan fingerprint density at radius 2 is 2.03 bits per heavy atom. The van der Waals surface area contributed by atoms with Crippen LogP contribution in [0.3, 0.4) is 0 Å². The van der Waals surface area contributed by atoms with E-state index >= 15 is 0 Å². The van der Waals surface area contributed by atoms with Crippen molar-refractivity contribution in [1.29, 1.82) is 0 Å². The van der Waals surface area contributed by atoms with Crippen LogP contribution in [0, 0.1) is 13.8 Å². The molecule has 1 saturated heterocycles. The Bertz CT molecular complexity index is 1080. The number of amides is 1. The lowest BCUT2D eigenvalue weighted by Crippen LogP contribution is -2.38. The highest BCUT2D eigenvalue weighted by atomic mass is 32.2. The molecule has 0 bridgehead atoms. The van der Waals surface area contributed by atoms with E-state index in [1.165, 1.54) is 11.8 Å². The fraction of sp³-hybridized carbons (Fsp3) is 0.478. The van der Waals surface area contributed by atoms with Gasteiger partial charge in [-0.15, -0.1) is 10.2 Å². The number of rotatable bonds is 9. The Morgan fingerprint density at radius 1 is 1.21 bits per heavy atom. The van der Waals surface area contributed by atoms with Crippen LogP contribution < -0.4 is 10.2 Å². The summed E-state index contributed by atoms with van der Waals surface area (Å²) in [5.74, 6) is 1.73. The van der Waals surface area contributed by atoms with Crippen LogP contribution in [0.25, 0.3) is 5.69 Å². The molecular weight excluding hydrogens is 440 g/mol. The zero-order valence-electron chi connectivity index (χ0n) is 19.3. The Labute approximate surface area is 197 Å². The molecular formula is C23H30N6O3S. The summed E-state index contributed by atoms with van der Waals surface area (Å²) < 4.78 is 12.7. The number of carbonyl (C=O) groups excluding carboxylic acids is 1. The van der Waals surface area contributed by atoms with Crippen LogP contribution in [0.2, 0.25) is 0 Å². The third-order valence-electron chi connectivity index (χ3n) is 5.41. The highest BCUT2D eigenvalue weighted by Crippen LogP contribution is 2.32. The van der Waals surface area contributed by atoms with Crippen molar-refractivity contribution in [2.75, 3.05) is 36.5 Å². The molecule has 1 atom stereocenters. The van der Waals surface area contributed by atoms with Gasteiger partial charge in [-0.25, -0.2) is 0 Å². The van der Waals surface area contributed by atoms with Crippen molar-refractivity contribution in [2.24, 2.45) is 0 Å². The van der Waals surface area contributed by atoms with Gasteiger partial charge in [0.05, 0.1) is 24.2 Å². The summed E-state index contributed by atoms with van der Waals surface area (Å²) >= 11 is 1.44. The lowest BCUT2D eigenvalue weighted by Gasteiger charge is -2.28. The van der Waals surface area contributed by atoms with E-state index in [9.17, 15) is 4.79 Å².